The van der Waals surface area contributed by atoms with Crippen molar-refractivity contribution in [2.75, 3.05) is 17.2 Å². The molecule has 20 heavy (non-hydrogen) atoms. The zero-order valence-electron chi connectivity index (χ0n) is 11.0. The minimum Gasteiger partial charge on any atom is -0.385 e. The van der Waals surface area contributed by atoms with Crippen molar-refractivity contribution in [2.45, 2.75) is 19.4 Å². The van der Waals surface area contributed by atoms with Crippen LogP contribution in [0.2, 0.25) is 0 Å². The molecule has 1 aliphatic rings. The summed E-state index contributed by atoms with van der Waals surface area (Å²) in [5, 5.41) is 7.04. The van der Waals surface area contributed by atoms with Crippen LogP contribution in [0.1, 0.15) is 17.5 Å². The molecule has 104 valence electrons. The van der Waals surface area contributed by atoms with Crippen molar-refractivity contribution in [3.63, 3.8) is 0 Å². The molecule has 2 N–H and O–H groups in total. The topological polar surface area (TPSA) is 24.1 Å². The molecule has 1 aliphatic heterocycles. The number of halogens is 2. The second-order valence-electron chi connectivity index (χ2n) is 4.96. The van der Waals surface area contributed by atoms with Gasteiger partial charge in [0, 0.05) is 33.4 Å². The lowest BCUT2D eigenvalue weighted by Crippen LogP contribution is -2.15. The number of benzene rings is 2. The molecule has 0 spiro atoms. The predicted octanol–water partition coefficient (Wildman–Crippen LogP) is 5.18. The normalized spacial score (nSPS) is 13.5. The van der Waals surface area contributed by atoms with Gasteiger partial charge in [-0.3, -0.25) is 0 Å². The van der Waals surface area contributed by atoms with E-state index in [4.69, 9.17) is 0 Å². The summed E-state index contributed by atoms with van der Waals surface area (Å²) >= 11 is 7.09. The fourth-order valence-electron chi connectivity index (χ4n) is 2.55. The minimum absolute atomic E-state index is 0.825. The van der Waals surface area contributed by atoms with Gasteiger partial charge in [-0.2, -0.15) is 0 Å². The van der Waals surface area contributed by atoms with Crippen LogP contribution in [0.4, 0.5) is 11.4 Å². The molecular weight excluding hydrogens is 380 g/mol. The first-order chi connectivity index (χ1) is 9.74. The zero-order valence-corrected chi connectivity index (χ0v) is 14.2. The Balaban J connectivity index is 1.80. The van der Waals surface area contributed by atoms with E-state index in [1.54, 1.807) is 0 Å². The van der Waals surface area contributed by atoms with E-state index in [9.17, 15) is 0 Å². The van der Waals surface area contributed by atoms with E-state index in [1.165, 1.54) is 29.7 Å². The summed E-state index contributed by atoms with van der Waals surface area (Å²) in [6.45, 7) is 1.90. The van der Waals surface area contributed by atoms with E-state index >= 15 is 0 Å². The monoisotopic (exact) mass is 394 g/mol. The van der Waals surface area contributed by atoms with Crippen molar-refractivity contribution in [1.82, 2.24) is 0 Å². The van der Waals surface area contributed by atoms with Gasteiger partial charge in [-0.25, -0.2) is 0 Å². The Hall–Kier alpha value is -1.00. The summed E-state index contributed by atoms with van der Waals surface area (Å²) in [6, 6.07) is 12.7. The van der Waals surface area contributed by atoms with E-state index < -0.39 is 0 Å². The summed E-state index contributed by atoms with van der Waals surface area (Å²) < 4.78 is 2.16. The van der Waals surface area contributed by atoms with Gasteiger partial charge in [-0.05, 0) is 58.1 Å². The maximum atomic E-state index is 3.58. The molecule has 0 atom stereocenters. The van der Waals surface area contributed by atoms with E-state index in [2.05, 4.69) is 66.8 Å². The quantitative estimate of drug-likeness (QED) is 0.747. The first kappa shape index (κ1) is 14.0. The Morgan fingerprint density at radius 1 is 1.15 bits per heavy atom. The molecule has 2 aromatic carbocycles. The van der Waals surface area contributed by atoms with Crippen LogP contribution in [-0.4, -0.2) is 6.54 Å². The maximum absolute atomic E-state index is 3.58. The SMILES string of the molecule is Brc1ccc(Br)c(NCc2cccc3c2NCCC3)c1. The summed E-state index contributed by atoms with van der Waals surface area (Å²) in [4.78, 5) is 0. The maximum Gasteiger partial charge on any atom is 0.0498 e. The number of rotatable bonds is 3. The Kier molecular flexibility index (Phi) is 4.32. The van der Waals surface area contributed by atoms with E-state index in [0.717, 1.165) is 27.7 Å². The van der Waals surface area contributed by atoms with Crippen LogP contribution in [0.15, 0.2) is 45.3 Å². The molecule has 3 rings (SSSR count). The summed E-state index contributed by atoms with van der Waals surface area (Å²) in [5.41, 5.74) is 5.18. The third-order valence-electron chi connectivity index (χ3n) is 3.56. The van der Waals surface area contributed by atoms with Gasteiger partial charge in [0.05, 0.1) is 0 Å². The fraction of sp³-hybridized carbons (Fsp3) is 0.250. The molecule has 0 aromatic heterocycles. The first-order valence-electron chi connectivity index (χ1n) is 6.77. The van der Waals surface area contributed by atoms with Crippen LogP contribution in [0.5, 0.6) is 0 Å². The van der Waals surface area contributed by atoms with Crippen LogP contribution in [0.3, 0.4) is 0 Å². The van der Waals surface area contributed by atoms with Gasteiger partial charge in [-0.15, -0.1) is 0 Å². The molecular formula is C16H16Br2N2. The van der Waals surface area contributed by atoms with Crippen molar-refractivity contribution < 1.29 is 0 Å². The number of hydrogen-bond donors (Lipinski definition) is 2. The van der Waals surface area contributed by atoms with Crippen molar-refractivity contribution in [3.05, 3.63) is 56.5 Å². The van der Waals surface area contributed by atoms with Crippen LogP contribution in [0, 0.1) is 0 Å². The van der Waals surface area contributed by atoms with Crippen molar-refractivity contribution in [3.8, 4) is 0 Å². The average molecular weight is 396 g/mol. The van der Waals surface area contributed by atoms with Gasteiger partial charge in [0.1, 0.15) is 0 Å². The summed E-state index contributed by atoms with van der Waals surface area (Å²) in [7, 11) is 0. The lowest BCUT2D eigenvalue weighted by molar-refractivity contribution is 0.825. The Bertz CT molecular complexity index is 626. The van der Waals surface area contributed by atoms with Crippen molar-refractivity contribution >= 4 is 43.2 Å². The molecule has 2 aromatic rings. The molecule has 0 bridgehead atoms. The third-order valence-corrected chi connectivity index (χ3v) is 4.74. The Labute approximate surface area is 136 Å². The van der Waals surface area contributed by atoms with Crippen LogP contribution in [-0.2, 0) is 13.0 Å². The van der Waals surface area contributed by atoms with Crippen molar-refractivity contribution in [1.29, 1.82) is 0 Å². The molecule has 4 heteroatoms. The summed E-state index contributed by atoms with van der Waals surface area (Å²) in [5.74, 6) is 0. The van der Waals surface area contributed by atoms with Gasteiger partial charge in [0.15, 0.2) is 0 Å². The molecule has 2 nitrogen and oxygen atoms in total. The second kappa shape index (κ2) is 6.19. The highest BCUT2D eigenvalue weighted by Crippen LogP contribution is 2.29. The molecule has 0 radical (unpaired) electrons. The van der Waals surface area contributed by atoms with Gasteiger partial charge >= 0.3 is 0 Å². The number of anilines is 2. The molecule has 0 aliphatic carbocycles. The zero-order chi connectivity index (χ0) is 13.9. The van der Waals surface area contributed by atoms with E-state index in [0.29, 0.717) is 0 Å². The average Bonchev–Trinajstić information content (AvgIpc) is 2.48. The van der Waals surface area contributed by atoms with Gasteiger partial charge < -0.3 is 10.6 Å². The van der Waals surface area contributed by atoms with Gasteiger partial charge in [0.25, 0.3) is 0 Å². The molecule has 0 amide bonds. The van der Waals surface area contributed by atoms with Gasteiger partial charge in [-0.1, -0.05) is 34.1 Å². The summed E-state index contributed by atoms with van der Waals surface area (Å²) in [6.07, 6.45) is 2.40. The number of nitrogens with one attached hydrogen (secondary N) is 2. The van der Waals surface area contributed by atoms with Crippen LogP contribution in [0.25, 0.3) is 0 Å². The number of para-hydroxylation sites is 1. The predicted molar refractivity (Wildman–Crippen MR) is 92.4 cm³/mol. The smallest absolute Gasteiger partial charge is 0.0498 e. The minimum atomic E-state index is 0.825. The van der Waals surface area contributed by atoms with Crippen LogP contribution < -0.4 is 10.6 Å². The van der Waals surface area contributed by atoms with Gasteiger partial charge in [0.2, 0.25) is 0 Å². The van der Waals surface area contributed by atoms with E-state index in [1.807, 2.05) is 12.1 Å². The Morgan fingerprint density at radius 2 is 2.05 bits per heavy atom. The van der Waals surface area contributed by atoms with Crippen LogP contribution >= 0.6 is 31.9 Å². The highest BCUT2D eigenvalue weighted by atomic mass is 79.9. The molecule has 0 fully saturated rings. The van der Waals surface area contributed by atoms with Crippen molar-refractivity contribution in [2.24, 2.45) is 0 Å². The Morgan fingerprint density at radius 3 is 2.95 bits per heavy atom. The highest BCUT2D eigenvalue weighted by molar-refractivity contribution is 9.11. The highest BCUT2D eigenvalue weighted by Gasteiger charge is 2.12. The number of fused-ring (bicyclic) bond motifs is 1. The fourth-order valence-corrected chi connectivity index (χ4v) is 3.30. The van der Waals surface area contributed by atoms with E-state index in [-0.39, 0.29) is 0 Å². The lowest BCUT2D eigenvalue weighted by Gasteiger charge is -2.21. The largest absolute Gasteiger partial charge is 0.385 e. The number of aryl methyl sites for hydroxylation is 1. The second-order valence-corrected chi connectivity index (χ2v) is 6.73. The lowest BCUT2D eigenvalue weighted by atomic mass is 9.99. The third kappa shape index (κ3) is 3.01. The molecule has 0 saturated heterocycles. The number of hydrogen-bond acceptors (Lipinski definition) is 2. The standard InChI is InChI=1S/C16H16Br2N2/c17-13-6-7-14(18)15(9-13)20-10-12-4-1-3-11-5-2-8-19-16(11)12/h1,3-4,6-7,9,19-20H,2,5,8,10H2. The first-order valence-corrected chi connectivity index (χ1v) is 8.36. The molecule has 0 saturated carbocycles. The molecule has 0 unspecified atom stereocenters. The molecule has 1 heterocycles.